The molecular formula is C20H16N6O4S. The van der Waals surface area contributed by atoms with Crippen molar-refractivity contribution in [2.45, 2.75) is 6.54 Å². The number of aromatic nitrogens is 3. The fourth-order valence-corrected chi connectivity index (χ4v) is 3.39. The highest BCUT2D eigenvalue weighted by atomic mass is 32.2. The van der Waals surface area contributed by atoms with E-state index < -0.39 is 10.3 Å². The first kappa shape index (κ1) is 20.1. The van der Waals surface area contributed by atoms with Crippen LogP contribution in [-0.2, 0) is 16.8 Å². The summed E-state index contributed by atoms with van der Waals surface area (Å²) in [5.74, 6) is 0.687. The fourth-order valence-electron chi connectivity index (χ4n) is 3.01. The minimum atomic E-state index is -4.09. The Bertz CT molecular complexity index is 1310. The molecule has 0 radical (unpaired) electrons. The van der Waals surface area contributed by atoms with Crippen LogP contribution in [0.3, 0.4) is 0 Å². The van der Waals surface area contributed by atoms with Gasteiger partial charge in [0, 0.05) is 5.56 Å². The molecular weight excluding hydrogens is 420 g/mol. The first-order valence-corrected chi connectivity index (χ1v) is 10.4. The standard InChI is InChI=1S/C20H16N6O4S/c21-11-16-5-6-17(10-19(16)20-2-1-9-29-20)26(25-13-23-24-14-25)12-15-3-7-18(8-4-15)30-31(22,27)28/h1-10,13-14H,12H2,(H2,22,27,28). The lowest BCUT2D eigenvalue weighted by Gasteiger charge is -2.25. The number of nitriles is 1. The van der Waals surface area contributed by atoms with E-state index >= 15 is 0 Å². The first-order valence-electron chi connectivity index (χ1n) is 8.94. The average Bonchev–Trinajstić information content (AvgIpc) is 3.46. The van der Waals surface area contributed by atoms with Crippen molar-refractivity contribution >= 4 is 16.0 Å². The van der Waals surface area contributed by atoms with Crippen molar-refractivity contribution < 1.29 is 17.0 Å². The molecule has 4 rings (SSSR count). The van der Waals surface area contributed by atoms with Crippen LogP contribution in [0.2, 0.25) is 0 Å². The SMILES string of the molecule is N#Cc1ccc(N(Cc2ccc(OS(N)(=O)=O)cc2)n2cnnc2)cc1-c1ccco1. The molecule has 0 fully saturated rings. The van der Waals surface area contributed by atoms with E-state index in [9.17, 15) is 13.7 Å². The molecule has 0 bridgehead atoms. The van der Waals surface area contributed by atoms with Crippen molar-refractivity contribution in [1.29, 1.82) is 5.26 Å². The van der Waals surface area contributed by atoms with Crippen LogP contribution in [0.15, 0.2) is 77.9 Å². The third kappa shape index (κ3) is 4.72. The highest BCUT2D eigenvalue weighted by Crippen LogP contribution is 2.30. The van der Waals surface area contributed by atoms with Crippen molar-refractivity contribution in [3.05, 3.63) is 84.6 Å². The molecule has 11 heteroatoms. The zero-order valence-electron chi connectivity index (χ0n) is 16.0. The number of anilines is 1. The van der Waals surface area contributed by atoms with Crippen molar-refractivity contribution in [3.8, 4) is 23.1 Å². The lowest BCUT2D eigenvalue weighted by molar-refractivity contribution is 0.487. The molecule has 0 aliphatic heterocycles. The fraction of sp³-hybridized carbons (Fsp3) is 0.0500. The predicted molar refractivity (Wildman–Crippen MR) is 111 cm³/mol. The average molecular weight is 436 g/mol. The number of hydrogen-bond acceptors (Lipinski definition) is 8. The molecule has 0 saturated heterocycles. The molecule has 0 unspecified atom stereocenters. The van der Waals surface area contributed by atoms with Gasteiger partial charge in [-0.1, -0.05) is 12.1 Å². The minimum Gasteiger partial charge on any atom is -0.464 e. The van der Waals surface area contributed by atoms with Gasteiger partial charge in [0.2, 0.25) is 0 Å². The maximum atomic E-state index is 11.1. The summed E-state index contributed by atoms with van der Waals surface area (Å²) in [4.78, 5) is 0. The monoisotopic (exact) mass is 436 g/mol. The first-order chi connectivity index (χ1) is 14.9. The van der Waals surface area contributed by atoms with Gasteiger partial charge in [0.05, 0.1) is 30.1 Å². The summed E-state index contributed by atoms with van der Waals surface area (Å²) in [5.41, 5.74) is 2.74. The Morgan fingerprint density at radius 2 is 1.87 bits per heavy atom. The molecule has 31 heavy (non-hydrogen) atoms. The Balaban J connectivity index is 1.69. The molecule has 4 aromatic rings. The molecule has 2 N–H and O–H groups in total. The van der Waals surface area contributed by atoms with Gasteiger partial charge in [-0.15, -0.1) is 10.2 Å². The van der Waals surface area contributed by atoms with E-state index in [4.69, 9.17) is 9.56 Å². The summed E-state index contributed by atoms with van der Waals surface area (Å²) in [5, 5.41) is 24.0. The van der Waals surface area contributed by atoms with E-state index in [1.165, 1.54) is 12.1 Å². The molecule has 2 aromatic carbocycles. The minimum absolute atomic E-state index is 0.112. The van der Waals surface area contributed by atoms with E-state index in [0.717, 1.165) is 11.3 Å². The summed E-state index contributed by atoms with van der Waals surface area (Å²) in [6, 6.07) is 17.5. The van der Waals surface area contributed by atoms with E-state index in [2.05, 4.69) is 20.4 Å². The Hall–Kier alpha value is -4.14. The second-order valence-electron chi connectivity index (χ2n) is 6.44. The van der Waals surface area contributed by atoms with Crippen molar-refractivity contribution in [3.63, 3.8) is 0 Å². The molecule has 156 valence electrons. The van der Waals surface area contributed by atoms with Crippen LogP contribution >= 0.6 is 0 Å². The van der Waals surface area contributed by atoms with Crippen LogP contribution < -0.4 is 14.3 Å². The molecule has 2 heterocycles. The summed E-state index contributed by atoms with van der Waals surface area (Å²) >= 11 is 0. The lowest BCUT2D eigenvalue weighted by Crippen LogP contribution is -2.28. The molecule has 0 aliphatic rings. The summed E-state index contributed by atoms with van der Waals surface area (Å²) < 4.78 is 34.0. The zero-order chi connectivity index (χ0) is 21.8. The number of rotatable bonds is 7. The smallest absolute Gasteiger partial charge is 0.380 e. The normalized spacial score (nSPS) is 11.1. The van der Waals surface area contributed by atoms with Crippen LogP contribution in [0.4, 0.5) is 5.69 Å². The van der Waals surface area contributed by atoms with Gasteiger partial charge in [-0.2, -0.15) is 18.8 Å². The quantitative estimate of drug-likeness (QED) is 0.466. The Kier molecular flexibility index (Phi) is 5.40. The molecule has 0 aliphatic carbocycles. The highest BCUT2D eigenvalue weighted by Gasteiger charge is 2.15. The van der Waals surface area contributed by atoms with Crippen LogP contribution in [0.25, 0.3) is 11.3 Å². The predicted octanol–water partition coefficient (Wildman–Crippen LogP) is 2.46. The molecule has 10 nitrogen and oxygen atoms in total. The van der Waals surface area contributed by atoms with E-state index in [1.54, 1.807) is 53.9 Å². The van der Waals surface area contributed by atoms with E-state index in [-0.39, 0.29) is 5.75 Å². The second-order valence-corrected chi connectivity index (χ2v) is 7.59. The number of nitrogens with zero attached hydrogens (tertiary/aromatic N) is 5. The number of hydrogen-bond donors (Lipinski definition) is 1. The number of furan rings is 1. The Labute approximate surface area is 177 Å². The highest BCUT2D eigenvalue weighted by molar-refractivity contribution is 7.84. The van der Waals surface area contributed by atoms with Crippen LogP contribution in [0.5, 0.6) is 5.75 Å². The van der Waals surface area contributed by atoms with E-state index in [0.29, 0.717) is 23.4 Å². The Morgan fingerprint density at radius 3 is 2.48 bits per heavy atom. The van der Waals surface area contributed by atoms with E-state index in [1.807, 2.05) is 17.1 Å². The van der Waals surface area contributed by atoms with Gasteiger partial charge in [-0.25, -0.2) is 4.68 Å². The van der Waals surface area contributed by atoms with Gasteiger partial charge < -0.3 is 8.60 Å². The molecule has 0 amide bonds. The maximum absolute atomic E-state index is 11.1. The molecule has 0 atom stereocenters. The third-order valence-corrected chi connectivity index (χ3v) is 4.79. The molecule has 0 spiro atoms. The Morgan fingerprint density at radius 1 is 1.13 bits per heavy atom. The molecule has 2 aromatic heterocycles. The van der Waals surface area contributed by atoms with Crippen molar-refractivity contribution in [2.24, 2.45) is 5.14 Å². The van der Waals surface area contributed by atoms with Gasteiger partial charge in [0.15, 0.2) is 0 Å². The topological polar surface area (TPSA) is 140 Å². The van der Waals surface area contributed by atoms with Crippen molar-refractivity contribution in [2.75, 3.05) is 5.01 Å². The lowest BCUT2D eigenvalue weighted by atomic mass is 10.0. The van der Waals surface area contributed by atoms with Crippen LogP contribution in [-0.4, -0.2) is 23.3 Å². The van der Waals surface area contributed by atoms with Crippen LogP contribution in [0, 0.1) is 11.3 Å². The van der Waals surface area contributed by atoms with Gasteiger partial charge in [-0.05, 0) is 48.0 Å². The largest absolute Gasteiger partial charge is 0.464 e. The van der Waals surface area contributed by atoms with Crippen molar-refractivity contribution in [1.82, 2.24) is 14.9 Å². The number of benzene rings is 2. The third-order valence-electron chi connectivity index (χ3n) is 4.36. The van der Waals surface area contributed by atoms with Gasteiger partial charge in [0.25, 0.3) is 0 Å². The summed E-state index contributed by atoms with van der Waals surface area (Å²) in [6.45, 7) is 0.386. The second kappa shape index (κ2) is 8.31. The number of nitrogens with two attached hydrogens (primary N) is 1. The zero-order valence-corrected chi connectivity index (χ0v) is 16.8. The summed E-state index contributed by atoms with van der Waals surface area (Å²) in [6.07, 6.45) is 4.64. The van der Waals surface area contributed by atoms with Gasteiger partial charge in [-0.3, -0.25) is 5.01 Å². The molecule has 0 saturated carbocycles. The van der Waals surface area contributed by atoms with Gasteiger partial charge >= 0.3 is 10.3 Å². The maximum Gasteiger partial charge on any atom is 0.380 e. The van der Waals surface area contributed by atoms with Gasteiger partial charge in [0.1, 0.15) is 24.2 Å². The summed E-state index contributed by atoms with van der Waals surface area (Å²) in [7, 11) is -4.09. The van der Waals surface area contributed by atoms with Crippen LogP contribution in [0.1, 0.15) is 11.1 Å².